The molecule has 4 rings (SSSR count). The van der Waals surface area contributed by atoms with Gasteiger partial charge < -0.3 is 15.1 Å². The van der Waals surface area contributed by atoms with Crippen LogP contribution in [-0.4, -0.2) is 60.9 Å². The second kappa shape index (κ2) is 7.69. The van der Waals surface area contributed by atoms with Crippen LogP contribution < -0.4 is 5.32 Å². The molecular formula is C20H29N3O2S. The molecule has 3 aliphatic rings. The Morgan fingerprint density at radius 1 is 1.12 bits per heavy atom. The number of piperidine rings is 1. The predicted octanol–water partition coefficient (Wildman–Crippen LogP) is 2.30. The molecule has 26 heavy (non-hydrogen) atoms. The molecule has 5 nitrogen and oxygen atoms in total. The van der Waals surface area contributed by atoms with Gasteiger partial charge in [-0.25, -0.2) is 0 Å². The zero-order valence-corrected chi connectivity index (χ0v) is 16.4. The summed E-state index contributed by atoms with van der Waals surface area (Å²) in [5, 5.41) is 3.28. The molecule has 0 radical (unpaired) electrons. The molecule has 1 aromatic heterocycles. The predicted molar refractivity (Wildman–Crippen MR) is 104 cm³/mol. The normalized spacial score (nSPS) is 24.5. The number of hydrogen-bond donors (Lipinski definition) is 1. The van der Waals surface area contributed by atoms with E-state index in [9.17, 15) is 9.59 Å². The number of nitrogens with zero attached hydrogens (tertiary/aromatic N) is 2. The van der Waals surface area contributed by atoms with Gasteiger partial charge in [0.1, 0.15) is 0 Å². The fourth-order valence-corrected chi connectivity index (χ4v) is 5.58. The fourth-order valence-electron chi connectivity index (χ4n) is 4.40. The number of carbonyl (C=O) groups excluding carboxylic acids is 2. The topological polar surface area (TPSA) is 52.7 Å². The minimum Gasteiger partial charge on any atom is -0.353 e. The second-order valence-electron chi connectivity index (χ2n) is 8.08. The average Bonchev–Trinajstić information content (AvgIpc) is 3.32. The number of fused-ring (bicyclic) bond motifs is 1. The maximum Gasteiger partial charge on any atom is 0.263 e. The summed E-state index contributed by atoms with van der Waals surface area (Å²) in [6, 6.07) is 2.39. The number of likely N-dealkylation sites (tertiary alicyclic amines) is 2. The lowest BCUT2D eigenvalue weighted by molar-refractivity contribution is -0.126. The Morgan fingerprint density at radius 3 is 2.58 bits per heavy atom. The molecule has 0 saturated carbocycles. The Labute approximate surface area is 159 Å². The first-order valence-electron chi connectivity index (χ1n) is 10.00. The van der Waals surface area contributed by atoms with Crippen LogP contribution in [0.15, 0.2) is 6.07 Å². The molecule has 1 aromatic rings. The van der Waals surface area contributed by atoms with E-state index in [0.29, 0.717) is 6.04 Å². The van der Waals surface area contributed by atoms with Crippen LogP contribution in [0.3, 0.4) is 0 Å². The smallest absolute Gasteiger partial charge is 0.263 e. The maximum atomic E-state index is 12.7. The van der Waals surface area contributed by atoms with Gasteiger partial charge in [-0.05, 0) is 76.7 Å². The Kier molecular flexibility index (Phi) is 5.32. The SMILES string of the molecule is CN1CCC(NC(=O)C2CCc3sc(C(=O)N4CCCC4)cc3C2)CC1. The molecule has 2 aliphatic heterocycles. The van der Waals surface area contributed by atoms with Gasteiger partial charge in [0.15, 0.2) is 0 Å². The van der Waals surface area contributed by atoms with Crippen molar-refractivity contribution in [3.05, 3.63) is 21.4 Å². The van der Waals surface area contributed by atoms with Crippen molar-refractivity contribution in [2.45, 2.75) is 51.0 Å². The summed E-state index contributed by atoms with van der Waals surface area (Å²) in [6.45, 7) is 3.91. The standard InChI is InChI=1S/C20H29N3O2S/c1-22-10-6-16(7-11-22)21-19(24)14-4-5-17-15(12-14)13-18(26-17)20(25)23-8-2-3-9-23/h13-14,16H,2-12H2,1H3,(H,21,24). The molecular weight excluding hydrogens is 346 g/mol. The average molecular weight is 376 g/mol. The van der Waals surface area contributed by atoms with Crippen LogP contribution in [0.25, 0.3) is 0 Å². The van der Waals surface area contributed by atoms with E-state index in [1.807, 2.05) is 4.90 Å². The molecule has 0 aromatic carbocycles. The lowest BCUT2D eigenvalue weighted by Crippen LogP contribution is -2.46. The van der Waals surface area contributed by atoms with Crippen molar-refractivity contribution in [2.24, 2.45) is 5.92 Å². The van der Waals surface area contributed by atoms with E-state index in [0.717, 1.165) is 76.0 Å². The number of nitrogens with one attached hydrogen (secondary N) is 1. The highest BCUT2D eigenvalue weighted by Gasteiger charge is 2.30. The van der Waals surface area contributed by atoms with Crippen molar-refractivity contribution in [1.82, 2.24) is 15.1 Å². The Hall–Kier alpha value is -1.40. The third-order valence-electron chi connectivity index (χ3n) is 6.12. The number of rotatable bonds is 3. The summed E-state index contributed by atoms with van der Waals surface area (Å²) in [5.74, 6) is 0.463. The molecule has 1 N–H and O–H groups in total. The maximum absolute atomic E-state index is 12.7. The summed E-state index contributed by atoms with van der Waals surface area (Å²) >= 11 is 1.65. The molecule has 1 unspecified atom stereocenters. The Balaban J connectivity index is 1.36. The van der Waals surface area contributed by atoms with Crippen molar-refractivity contribution in [3.8, 4) is 0 Å². The molecule has 142 valence electrons. The molecule has 1 atom stereocenters. The summed E-state index contributed by atoms with van der Waals surface area (Å²) in [7, 11) is 2.14. The Bertz CT molecular complexity index is 673. The van der Waals surface area contributed by atoms with Gasteiger partial charge in [-0.1, -0.05) is 0 Å². The van der Waals surface area contributed by atoms with Gasteiger partial charge in [-0.15, -0.1) is 11.3 Å². The highest BCUT2D eigenvalue weighted by atomic mass is 32.1. The van der Waals surface area contributed by atoms with E-state index in [2.05, 4.69) is 23.3 Å². The number of aryl methyl sites for hydroxylation is 1. The molecule has 6 heteroatoms. The molecule has 1 aliphatic carbocycles. The third-order valence-corrected chi connectivity index (χ3v) is 7.35. The monoisotopic (exact) mass is 375 g/mol. The molecule has 3 heterocycles. The van der Waals surface area contributed by atoms with Crippen molar-refractivity contribution >= 4 is 23.2 Å². The minimum atomic E-state index is 0.0616. The molecule has 0 spiro atoms. The van der Waals surface area contributed by atoms with E-state index in [-0.39, 0.29) is 17.7 Å². The highest BCUT2D eigenvalue weighted by molar-refractivity contribution is 7.14. The molecule has 2 amide bonds. The van der Waals surface area contributed by atoms with Crippen molar-refractivity contribution in [2.75, 3.05) is 33.2 Å². The summed E-state index contributed by atoms with van der Waals surface area (Å²) in [6.07, 6.45) is 6.96. The summed E-state index contributed by atoms with van der Waals surface area (Å²) in [5.41, 5.74) is 1.23. The van der Waals surface area contributed by atoms with Crippen LogP contribution in [0.4, 0.5) is 0 Å². The van der Waals surface area contributed by atoms with Gasteiger partial charge in [0.2, 0.25) is 5.91 Å². The second-order valence-corrected chi connectivity index (χ2v) is 9.22. The van der Waals surface area contributed by atoms with Crippen molar-refractivity contribution < 1.29 is 9.59 Å². The van der Waals surface area contributed by atoms with Crippen LogP contribution in [0.1, 0.15) is 52.2 Å². The minimum absolute atomic E-state index is 0.0616. The van der Waals surface area contributed by atoms with Crippen LogP contribution in [-0.2, 0) is 17.6 Å². The number of amides is 2. The largest absolute Gasteiger partial charge is 0.353 e. The van der Waals surface area contributed by atoms with Crippen LogP contribution in [0.2, 0.25) is 0 Å². The van der Waals surface area contributed by atoms with Crippen LogP contribution >= 0.6 is 11.3 Å². The van der Waals surface area contributed by atoms with Gasteiger partial charge in [0.05, 0.1) is 4.88 Å². The zero-order valence-electron chi connectivity index (χ0n) is 15.6. The molecule has 2 fully saturated rings. The molecule has 0 bridgehead atoms. The summed E-state index contributed by atoms with van der Waals surface area (Å²) in [4.78, 5) is 31.8. The van der Waals surface area contributed by atoms with Gasteiger partial charge in [-0.3, -0.25) is 9.59 Å². The molecule has 2 saturated heterocycles. The van der Waals surface area contributed by atoms with Crippen LogP contribution in [0, 0.1) is 5.92 Å². The lowest BCUT2D eigenvalue weighted by atomic mass is 9.87. The van der Waals surface area contributed by atoms with E-state index >= 15 is 0 Å². The quantitative estimate of drug-likeness (QED) is 0.882. The van der Waals surface area contributed by atoms with E-state index in [4.69, 9.17) is 0 Å². The third kappa shape index (κ3) is 3.81. The van der Waals surface area contributed by atoms with E-state index in [1.165, 1.54) is 10.4 Å². The first kappa shape index (κ1) is 18.0. The fraction of sp³-hybridized carbons (Fsp3) is 0.700. The van der Waals surface area contributed by atoms with Gasteiger partial charge in [0.25, 0.3) is 5.91 Å². The van der Waals surface area contributed by atoms with Gasteiger partial charge in [-0.2, -0.15) is 0 Å². The number of hydrogen-bond acceptors (Lipinski definition) is 4. The van der Waals surface area contributed by atoms with Crippen molar-refractivity contribution in [1.29, 1.82) is 0 Å². The highest BCUT2D eigenvalue weighted by Crippen LogP contribution is 2.33. The van der Waals surface area contributed by atoms with Gasteiger partial charge in [0, 0.05) is 29.9 Å². The first-order chi connectivity index (χ1) is 12.6. The number of thiophene rings is 1. The van der Waals surface area contributed by atoms with E-state index in [1.54, 1.807) is 11.3 Å². The zero-order chi connectivity index (χ0) is 18.1. The number of carbonyl (C=O) groups is 2. The lowest BCUT2D eigenvalue weighted by Gasteiger charge is -2.31. The Morgan fingerprint density at radius 2 is 1.85 bits per heavy atom. The van der Waals surface area contributed by atoms with Crippen molar-refractivity contribution in [3.63, 3.8) is 0 Å². The van der Waals surface area contributed by atoms with Crippen LogP contribution in [0.5, 0.6) is 0 Å². The summed E-state index contributed by atoms with van der Waals surface area (Å²) < 4.78 is 0. The van der Waals surface area contributed by atoms with E-state index < -0.39 is 0 Å². The van der Waals surface area contributed by atoms with Gasteiger partial charge >= 0.3 is 0 Å². The first-order valence-corrected chi connectivity index (χ1v) is 10.8.